The van der Waals surface area contributed by atoms with Crippen molar-refractivity contribution < 1.29 is 14.4 Å². The highest BCUT2D eigenvalue weighted by Gasteiger charge is 2.12. The highest BCUT2D eigenvalue weighted by molar-refractivity contribution is 5.44. The Labute approximate surface area is 67.4 Å². The second-order valence-electron chi connectivity index (χ2n) is 2.20. The maximum Gasteiger partial charge on any atom is 0.275 e. The van der Waals surface area contributed by atoms with Gasteiger partial charge < -0.3 is 5.11 Å². The van der Waals surface area contributed by atoms with Gasteiger partial charge in [0.25, 0.3) is 5.69 Å². The van der Waals surface area contributed by atoms with Gasteiger partial charge in [0.2, 0.25) is 0 Å². The summed E-state index contributed by atoms with van der Waals surface area (Å²) in [7, 11) is 0. The lowest BCUT2D eigenvalue weighted by atomic mass is 10.2. The molecule has 1 N–H and O–H groups in total. The van der Waals surface area contributed by atoms with E-state index in [2.05, 4.69) is 0 Å². The van der Waals surface area contributed by atoms with Crippen molar-refractivity contribution in [3.63, 3.8) is 0 Å². The molecule has 1 aromatic carbocycles. The van der Waals surface area contributed by atoms with E-state index in [1.54, 1.807) is 0 Å². The number of alkyl halides is 1. The van der Waals surface area contributed by atoms with Gasteiger partial charge >= 0.3 is 0 Å². The highest BCUT2D eigenvalue weighted by atomic mass is 19.1. The number of nitro benzene ring substituents is 1. The minimum absolute atomic E-state index is 0.111. The summed E-state index contributed by atoms with van der Waals surface area (Å²) in [5, 5.41) is 19.1. The summed E-state index contributed by atoms with van der Waals surface area (Å²) >= 11 is 0. The van der Waals surface area contributed by atoms with Crippen molar-refractivity contribution >= 4 is 5.69 Å². The summed E-state index contributed by atoms with van der Waals surface area (Å²) in [6, 6.07) is 3.26. The Morgan fingerprint density at radius 3 is 2.75 bits per heavy atom. The molecule has 0 spiro atoms. The van der Waals surface area contributed by atoms with Crippen molar-refractivity contribution in [2.45, 2.75) is 6.67 Å². The predicted molar refractivity (Wildman–Crippen MR) is 39.6 cm³/mol. The molecule has 5 heteroatoms. The van der Waals surface area contributed by atoms with Crippen LogP contribution < -0.4 is 0 Å². The Morgan fingerprint density at radius 1 is 1.58 bits per heavy atom. The summed E-state index contributed by atoms with van der Waals surface area (Å²) in [5.41, 5.74) is -0.421. The van der Waals surface area contributed by atoms with E-state index in [9.17, 15) is 14.5 Å². The minimum atomic E-state index is -0.954. The van der Waals surface area contributed by atoms with Gasteiger partial charge in [0.15, 0.2) is 0 Å². The first kappa shape index (κ1) is 8.45. The monoisotopic (exact) mass is 171 g/mol. The van der Waals surface area contributed by atoms with E-state index in [0.29, 0.717) is 0 Å². The third kappa shape index (κ3) is 1.50. The smallest absolute Gasteiger partial charge is 0.275 e. The van der Waals surface area contributed by atoms with Gasteiger partial charge in [-0.15, -0.1) is 0 Å². The Morgan fingerprint density at radius 2 is 2.25 bits per heavy atom. The number of phenols is 1. The molecule has 0 radical (unpaired) electrons. The van der Waals surface area contributed by atoms with Crippen LogP contribution >= 0.6 is 0 Å². The highest BCUT2D eigenvalue weighted by Crippen LogP contribution is 2.23. The molecule has 0 amide bonds. The lowest BCUT2D eigenvalue weighted by Gasteiger charge is -1.97. The number of nitrogens with zero attached hydrogens (tertiary/aromatic N) is 1. The molecule has 0 aliphatic rings. The van der Waals surface area contributed by atoms with E-state index < -0.39 is 11.6 Å². The SMILES string of the molecule is O=[N+]([O-])c1ccc(O)cc1CF. The van der Waals surface area contributed by atoms with Gasteiger partial charge in [0.05, 0.1) is 10.5 Å². The molecule has 0 bridgehead atoms. The van der Waals surface area contributed by atoms with Gasteiger partial charge in [-0.1, -0.05) is 0 Å². The molecule has 64 valence electrons. The van der Waals surface area contributed by atoms with Crippen molar-refractivity contribution in [2.75, 3.05) is 0 Å². The van der Waals surface area contributed by atoms with Crippen molar-refractivity contribution in [3.05, 3.63) is 33.9 Å². The Hall–Kier alpha value is -1.65. The molecule has 0 aliphatic heterocycles. The van der Waals surface area contributed by atoms with Gasteiger partial charge in [-0.2, -0.15) is 0 Å². The van der Waals surface area contributed by atoms with Gasteiger partial charge in [-0.3, -0.25) is 10.1 Å². The first-order chi connectivity index (χ1) is 5.65. The molecule has 0 fully saturated rings. The van der Waals surface area contributed by atoms with Crippen molar-refractivity contribution in [3.8, 4) is 5.75 Å². The minimum Gasteiger partial charge on any atom is -0.508 e. The number of hydrogen-bond donors (Lipinski definition) is 1. The Kier molecular flexibility index (Phi) is 2.23. The van der Waals surface area contributed by atoms with Gasteiger partial charge in [-0.25, -0.2) is 4.39 Å². The van der Waals surface area contributed by atoms with Crippen LogP contribution in [0.4, 0.5) is 10.1 Å². The summed E-state index contributed by atoms with van der Waals surface area (Å²) in [6.45, 7) is -0.954. The van der Waals surface area contributed by atoms with Gasteiger partial charge in [0.1, 0.15) is 12.4 Å². The second-order valence-corrected chi connectivity index (χ2v) is 2.20. The first-order valence-corrected chi connectivity index (χ1v) is 3.17. The van der Waals surface area contributed by atoms with Crippen LogP contribution in [0.3, 0.4) is 0 Å². The molecule has 1 aromatic rings. The number of aromatic hydroxyl groups is 1. The molecule has 0 saturated heterocycles. The molecule has 0 atom stereocenters. The maximum absolute atomic E-state index is 12.1. The van der Waals surface area contributed by atoms with Gasteiger partial charge in [0, 0.05) is 6.07 Å². The maximum atomic E-state index is 12.1. The van der Waals surface area contributed by atoms with Gasteiger partial charge in [-0.05, 0) is 12.1 Å². The largest absolute Gasteiger partial charge is 0.508 e. The molecule has 0 heterocycles. The molecule has 12 heavy (non-hydrogen) atoms. The number of rotatable bonds is 2. The zero-order valence-corrected chi connectivity index (χ0v) is 6.03. The van der Waals surface area contributed by atoms with E-state index in [-0.39, 0.29) is 17.0 Å². The first-order valence-electron chi connectivity index (χ1n) is 3.17. The summed E-state index contributed by atoms with van der Waals surface area (Å²) in [4.78, 5) is 9.56. The standard InChI is InChI=1S/C7H6FNO3/c8-4-5-3-6(10)1-2-7(5)9(11)12/h1-3,10H,4H2. The molecule has 0 unspecified atom stereocenters. The Bertz CT molecular complexity index is 314. The quantitative estimate of drug-likeness (QED) is 0.544. The molecular formula is C7H6FNO3. The number of benzene rings is 1. The van der Waals surface area contributed by atoms with Crippen molar-refractivity contribution in [1.29, 1.82) is 0 Å². The molecular weight excluding hydrogens is 165 g/mol. The number of halogens is 1. The lowest BCUT2D eigenvalue weighted by Crippen LogP contribution is -1.92. The van der Waals surface area contributed by atoms with Crippen LogP contribution in [0.5, 0.6) is 5.75 Å². The van der Waals surface area contributed by atoms with E-state index in [1.807, 2.05) is 0 Å². The van der Waals surface area contributed by atoms with Crippen LogP contribution in [0.15, 0.2) is 18.2 Å². The van der Waals surface area contributed by atoms with Crippen molar-refractivity contribution in [1.82, 2.24) is 0 Å². The third-order valence-corrected chi connectivity index (χ3v) is 1.40. The van der Waals surface area contributed by atoms with E-state index in [0.717, 1.165) is 18.2 Å². The van der Waals surface area contributed by atoms with Crippen LogP contribution in [0, 0.1) is 10.1 Å². The normalized spacial score (nSPS) is 9.75. The Balaban J connectivity index is 3.20. The number of phenolic OH excluding ortho intramolecular Hbond substituents is 1. The van der Waals surface area contributed by atoms with Crippen LogP contribution in [0.1, 0.15) is 5.56 Å². The average molecular weight is 171 g/mol. The third-order valence-electron chi connectivity index (χ3n) is 1.40. The summed E-state index contributed by atoms with van der Waals surface area (Å²) in [5.74, 6) is -0.173. The average Bonchev–Trinajstić information content (AvgIpc) is 2.03. The molecule has 0 aromatic heterocycles. The summed E-state index contributed by atoms with van der Waals surface area (Å²) in [6.07, 6.45) is 0. The fourth-order valence-corrected chi connectivity index (χ4v) is 0.857. The topological polar surface area (TPSA) is 63.4 Å². The van der Waals surface area contributed by atoms with E-state index in [1.165, 1.54) is 0 Å². The fraction of sp³-hybridized carbons (Fsp3) is 0.143. The van der Waals surface area contributed by atoms with Crippen LogP contribution in [0.2, 0.25) is 0 Å². The van der Waals surface area contributed by atoms with E-state index in [4.69, 9.17) is 5.11 Å². The molecule has 0 aliphatic carbocycles. The van der Waals surface area contributed by atoms with Crippen LogP contribution in [0.25, 0.3) is 0 Å². The lowest BCUT2D eigenvalue weighted by molar-refractivity contribution is -0.385. The number of hydrogen-bond acceptors (Lipinski definition) is 3. The molecule has 0 saturated carbocycles. The van der Waals surface area contributed by atoms with E-state index >= 15 is 0 Å². The second kappa shape index (κ2) is 3.17. The predicted octanol–water partition coefficient (Wildman–Crippen LogP) is 1.77. The fourth-order valence-electron chi connectivity index (χ4n) is 0.857. The molecule has 4 nitrogen and oxygen atoms in total. The summed E-state index contributed by atoms with van der Waals surface area (Å²) < 4.78 is 12.1. The van der Waals surface area contributed by atoms with Crippen molar-refractivity contribution in [2.24, 2.45) is 0 Å². The zero-order chi connectivity index (χ0) is 9.14. The van der Waals surface area contributed by atoms with Crippen LogP contribution in [-0.4, -0.2) is 10.0 Å². The molecule has 1 rings (SSSR count). The van der Waals surface area contributed by atoms with Crippen LogP contribution in [-0.2, 0) is 6.67 Å². The number of nitro groups is 1. The zero-order valence-electron chi connectivity index (χ0n) is 6.03.